The fraction of sp³-hybridized carbons (Fsp3) is 0.737. The molecular formula is C19H24O5. The normalized spacial score (nSPS) is 42.8. The van der Waals surface area contributed by atoms with Gasteiger partial charge < -0.3 is 9.47 Å². The summed E-state index contributed by atoms with van der Waals surface area (Å²) in [5.74, 6) is -0.563. The summed E-state index contributed by atoms with van der Waals surface area (Å²) in [5.41, 5.74) is 1.80. The van der Waals surface area contributed by atoms with Crippen LogP contribution in [0.25, 0.3) is 0 Å². The van der Waals surface area contributed by atoms with Crippen LogP contribution in [0.1, 0.15) is 32.6 Å². The van der Waals surface area contributed by atoms with Gasteiger partial charge in [-0.05, 0) is 55.9 Å². The van der Waals surface area contributed by atoms with Gasteiger partial charge in [-0.15, -0.1) is 0 Å². The number of hydrogen-bond acceptors (Lipinski definition) is 5. The number of ether oxygens (including phenoxy) is 2. The Morgan fingerprint density at radius 3 is 2.33 bits per heavy atom. The zero-order valence-electron chi connectivity index (χ0n) is 14.4. The predicted molar refractivity (Wildman–Crippen MR) is 84.6 cm³/mol. The number of ketones is 1. The summed E-state index contributed by atoms with van der Waals surface area (Å²) in [6.45, 7) is 1.94. The maximum Gasteiger partial charge on any atom is 0.310 e. The lowest BCUT2D eigenvalue weighted by molar-refractivity contribution is -0.161. The van der Waals surface area contributed by atoms with E-state index in [1.807, 2.05) is 6.92 Å². The van der Waals surface area contributed by atoms with Gasteiger partial charge in [-0.2, -0.15) is 0 Å². The third kappa shape index (κ3) is 1.90. The number of carbonyl (C=O) groups excluding carboxylic acids is 3. The maximum absolute atomic E-state index is 13.1. The van der Waals surface area contributed by atoms with E-state index >= 15 is 0 Å². The Balaban J connectivity index is 1.82. The summed E-state index contributed by atoms with van der Waals surface area (Å²) in [6.07, 6.45) is 3.78. The fourth-order valence-corrected chi connectivity index (χ4v) is 6.34. The van der Waals surface area contributed by atoms with E-state index in [0.717, 1.165) is 30.4 Å². The third-order valence-corrected chi connectivity index (χ3v) is 7.08. The van der Waals surface area contributed by atoms with E-state index in [1.54, 1.807) is 0 Å². The molecule has 0 spiro atoms. The summed E-state index contributed by atoms with van der Waals surface area (Å²) < 4.78 is 10.00. The zero-order valence-corrected chi connectivity index (χ0v) is 14.4. The Labute approximate surface area is 141 Å². The standard InChI is InChI=1S/C19H24O5/c1-8-6-11(18(21)23-2)15(19(22)24-3)16-12(8)17(20)14-10-5-4-9(7-10)13(14)16/h9-11,13-16H,4-7H2,1-3H3/t9-,10+,11+,13+,14-,15-,16+/m1/s1. The minimum Gasteiger partial charge on any atom is -0.469 e. The predicted octanol–water partition coefficient (Wildman–Crippen LogP) is 2.15. The lowest BCUT2D eigenvalue weighted by atomic mass is 9.65. The topological polar surface area (TPSA) is 69.7 Å². The molecule has 0 radical (unpaired) electrons. The number of allylic oxidation sites excluding steroid dienone is 2. The number of rotatable bonds is 2. The van der Waals surface area contributed by atoms with Crippen LogP contribution in [0.4, 0.5) is 0 Å². The van der Waals surface area contributed by atoms with Crippen LogP contribution >= 0.6 is 0 Å². The van der Waals surface area contributed by atoms with Gasteiger partial charge in [-0.25, -0.2) is 0 Å². The molecule has 24 heavy (non-hydrogen) atoms. The van der Waals surface area contributed by atoms with Crippen molar-refractivity contribution in [3.8, 4) is 0 Å². The van der Waals surface area contributed by atoms with E-state index in [2.05, 4.69) is 0 Å². The van der Waals surface area contributed by atoms with Crippen molar-refractivity contribution in [1.82, 2.24) is 0 Å². The Morgan fingerprint density at radius 1 is 1.00 bits per heavy atom. The summed E-state index contributed by atoms with van der Waals surface area (Å²) in [7, 11) is 2.71. The van der Waals surface area contributed by atoms with Crippen LogP contribution in [0.2, 0.25) is 0 Å². The first-order chi connectivity index (χ1) is 11.5. The smallest absolute Gasteiger partial charge is 0.310 e. The minimum atomic E-state index is -0.584. The highest BCUT2D eigenvalue weighted by molar-refractivity contribution is 6.03. The van der Waals surface area contributed by atoms with Gasteiger partial charge in [0.05, 0.1) is 26.1 Å². The first-order valence-corrected chi connectivity index (χ1v) is 8.89. The number of carbonyl (C=O) groups is 3. The van der Waals surface area contributed by atoms with E-state index in [9.17, 15) is 14.4 Å². The Bertz CT molecular complexity index is 648. The number of methoxy groups -OCH3 is 2. The molecule has 0 aromatic heterocycles. The van der Waals surface area contributed by atoms with Gasteiger partial charge in [0.25, 0.3) is 0 Å². The van der Waals surface area contributed by atoms with Crippen LogP contribution in [-0.2, 0) is 23.9 Å². The minimum absolute atomic E-state index is 0.0576. The van der Waals surface area contributed by atoms with Crippen molar-refractivity contribution in [3.63, 3.8) is 0 Å². The lowest BCUT2D eigenvalue weighted by Crippen LogP contribution is -2.43. The monoisotopic (exact) mass is 332 g/mol. The van der Waals surface area contributed by atoms with Gasteiger partial charge in [0, 0.05) is 11.8 Å². The molecule has 130 valence electrons. The average molecular weight is 332 g/mol. The van der Waals surface area contributed by atoms with E-state index < -0.39 is 11.8 Å². The number of fused-ring (bicyclic) bond motifs is 7. The van der Waals surface area contributed by atoms with Crippen molar-refractivity contribution in [3.05, 3.63) is 11.1 Å². The van der Waals surface area contributed by atoms with Gasteiger partial charge in [0.15, 0.2) is 5.78 Å². The van der Waals surface area contributed by atoms with E-state index in [4.69, 9.17) is 9.47 Å². The molecule has 4 aliphatic carbocycles. The molecule has 3 fully saturated rings. The van der Waals surface area contributed by atoms with Crippen LogP contribution in [0.3, 0.4) is 0 Å². The highest BCUT2D eigenvalue weighted by Gasteiger charge is 2.64. The van der Waals surface area contributed by atoms with Crippen LogP contribution in [0.5, 0.6) is 0 Å². The quantitative estimate of drug-likeness (QED) is 0.725. The van der Waals surface area contributed by atoms with Crippen molar-refractivity contribution in [2.24, 2.45) is 41.4 Å². The van der Waals surface area contributed by atoms with Gasteiger partial charge in [-0.3, -0.25) is 14.4 Å². The molecule has 5 heteroatoms. The van der Waals surface area contributed by atoms with Crippen molar-refractivity contribution >= 4 is 17.7 Å². The molecule has 0 aliphatic heterocycles. The van der Waals surface area contributed by atoms with Crippen molar-refractivity contribution < 1.29 is 23.9 Å². The molecule has 0 unspecified atom stereocenters. The number of esters is 2. The first-order valence-electron chi connectivity index (χ1n) is 8.89. The highest BCUT2D eigenvalue weighted by atomic mass is 16.5. The van der Waals surface area contributed by atoms with E-state index in [0.29, 0.717) is 18.3 Å². The van der Waals surface area contributed by atoms with Crippen molar-refractivity contribution in [2.75, 3.05) is 14.2 Å². The molecule has 0 aromatic carbocycles. The summed E-state index contributed by atoms with van der Waals surface area (Å²) in [4.78, 5) is 38.0. The lowest BCUT2D eigenvalue weighted by Gasteiger charge is -2.38. The first kappa shape index (κ1) is 15.9. The van der Waals surface area contributed by atoms with Crippen LogP contribution in [-0.4, -0.2) is 31.9 Å². The molecule has 5 nitrogen and oxygen atoms in total. The van der Waals surface area contributed by atoms with Gasteiger partial charge in [0.2, 0.25) is 0 Å². The van der Waals surface area contributed by atoms with Crippen LogP contribution in [0, 0.1) is 41.4 Å². The number of hydrogen-bond donors (Lipinski definition) is 0. The maximum atomic E-state index is 13.1. The molecule has 3 saturated carbocycles. The summed E-state index contributed by atoms with van der Waals surface area (Å²) in [6, 6.07) is 0. The van der Waals surface area contributed by atoms with Gasteiger partial charge >= 0.3 is 11.9 Å². The zero-order chi connectivity index (χ0) is 17.2. The Morgan fingerprint density at radius 2 is 1.67 bits per heavy atom. The Kier molecular flexibility index (Phi) is 3.59. The largest absolute Gasteiger partial charge is 0.469 e. The van der Waals surface area contributed by atoms with E-state index in [1.165, 1.54) is 14.2 Å². The van der Waals surface area contributed by atoms with E-state index in [-0.39, 0.29) is 35.5 Å². The summed E-state index contributed by atoms with van der Waals surface area (Å²) in [5, 5.41) is 0. The third-order valence-electron chi connectivity index (χ3n) is 7.08. The highest BCUT2D eigenvalue weighted by Crippen LogP contribution is 2.64. The molecule has 0 N–H and O–H groups in total. The SMILES string of the molecule is COC(=O)[C@H]1[C@H]2C(=C(C)C[C@@H]1C(=O)OC)C(=O)[C@@H]1[C@H]3CC[C@H](C3)[C@@H]12. The van der Waals surface area contributed by atoms with Gasteiger partial charge in [0.1, 0.15) is 0 Å². The second-order valence-electron chi connectivity index (χ2n) is 7.90. The molecule has 4 rings (SSSR count). The molecular weight excluding hydrogens is 308 g/mol. The molecule has 0 aromatic rings. The van der Waals surface area contributed by atoms with Crippen molar-refractivity contribution in [1.29, 1.82) is 0 Å². The molecule has 7 atom stereocenters. The van der Waals surface area contributed by atoms with Crippen molar-refractivity contribution in [2.45, 2.75) is 32.6 Å². The second kappa shape index (κ2) is 5.43. The molecule has 0 amide bonds. The van der Waals surface area contributed by atoms with Crippen LogP contribution < -0.4 is 0 Å². The molecule has 4 aliphatic rings. The van der Waals surface area contributed by atoms with Crippen LogP contribution in [0.15, 0.2) is 11.1 Å². The fourth-order valence-electron chi connectivity index (χ4n) is 6.34. The summed E-state index contributed by atoms with van der Waals surface area (Å²) >= 11 is 0. The Hall–Kier alpha value is -1.65. The average Bonchev–Trinajstić information content (AvgIpc) is 3.26. The second-order valence-corrected chi connectivity index (χ2v) is 7.90. The van der Waals surface area contributed by atoms with Gasteiger partial charge in [-0.1, -0.05) is 5.57 Å². The number of Topliss-reactive ketones (excluding diaryl/α,β-unsaturated/α-hetero) is 1. The molecule has 0 saturated heterocycles. The molecule has 2 bridgehead atoms. The molecule has 0 heterocycles.